The summed E-state index contributed by atoms with van der Waals surface area (Å²) in [6.45, 7) is 5.18. The number of piperidine rings is 1. The molecular formula is C14H23N5O2. The van der Waals surface area contributed by atoms with Crippen LogP contribution in [-0.4, -0.2) is 44.6 Å². The van der Waals surface area contributed by atoms with Crippen LogP contribution in [0.5, 0.6) is 0 Å². The van der Waals surface area contributed by atoms with E-state index in [1.807, 2.05) is 18.7 Å². The van der Waals surface area contributed by atoms with E-state index < -0.39 is 0 Å². The number of amides is 2. The van der Waals surface area contributed by atoms with Gasteiger partial charge in [0.2, 0.25) is 17.8 Å². The summed E-state index contributed by atoms with van der Waals surface area (Å²) in [6.07, 6.45) is 3.88. The number of rotatable bonds is 4. The van der Waals surface area contributed by atoms with Gasteiger partial charge in [0.25, 0.3) is 0 Å². The summed E-state index contributed by atoms with van der Waals surface area (Å²) in [5, 5.41) is 6.69. The first kappa shape index (κ1) is 15.5. The number of hydrogen-bond acceptors (Lipinski definition) is 4. The first-order valence-electron chi connectivity index (χ1n) is 7.46. The molecule has 0 aliphatic carbocycles. The number of carbonyl (C=O) groups is 2. The van der Waals surface area contributed by atoms with Gasteiger partial charge in [-0.1, -0.05) is 13.8 Å². The average Bonchev–Trinajstić information content (AvgIpc) is 2.91. The fourth-order valence-corrected chi connectivity index (χ4v) is 2.50. The Hall–Kier alpha value is -1.92. The van der Waals surface area contributed by atoms with Crippen molar-refractivity contribution in [1.29, 1.82) is 0 Å². The van der Waals surface area contributed by atoms with Crippen LogP contribution in [0.4, 0.5) is 5.95 Å². The molecule has 0 bridgehead atoms. The monoisotopic (exact) mass is 293 g/mol. The second-order valence-corrected chi connectivity index (χ2v) is 5.63. The van der Waals surface area contributed by atoms with E-state index in [1.54, 1.807) is 7.05 Å². The predicted molar refractivity (Wildman–Crippen MR) is 78.4 cm³/mol. The van der Waals surface area contributed by atoms with Gasteiger partial charge >= 0.3 is 0 Å². The number of carbonyl (C=O) groups excluding carboxylic acids is 2. The molecule has 1 aromatic heterocycles. The number of anilines is 1. The van der Waals surface area contributed by atoms with Gasteiger partial charge in [-0.15, -0.1) is 0 Å². The summed E-state index contributed by atoms with van der Waals surface area (Å²) in [5.74, 6) is 0.334. The van der Waals surface area contributed by atoms with Crippen molar-refractivity contribution in [2.24, 2.45) is 18.9 Å². The minimum absolute atomic E-state index is 0.0190. The van der Waals surface area contributed by atoms with Crippen molar-refractivity contribution in [2.75, 3.05) is 18.4 Å². The molecule has 1 aromatic rings. The molecule has 0 spiro atoms. The van der Waals surface area contributed by atoms with Crippen molar-refractivity contribution in [2.45, 2.75) is 33.1 Å². The minimum atomic E-state index is -0.177. The molecular weight excluding hydrogens is 270 g/mol. The summed E-state index contributed by atoms with van der Waals surface area (Å²) in [7, 11) is 1.72. The maximum atomic E-state index is 12.3. The lowest BCUT2D eigenvalue weighted by atomic mass is 9.95. The zero-order chi connectivity index (χ0) is 15.4. The molecule has 1 N–H and O–H groups in total. The third-order valence-corrected chi connectivity index (χ3v) is 4.08. The third-order valence-electron chi connectivity index (χ3n) is 4.08. The molecule has 0 radical (unpaired) electrons. The van der Waals surface area contributed by atoms with Crippen molar-refractivity contribution in [3.05, 3.63) is 6.33 Å². The largest absolute Gasteiger partial charge is 0.342 e. The van der Waals surface area contributed by atoms with Gasteiger partial charge in [-0.2, -0.15) is 10.1 Å². The third kappa shape index (κ3) is 3.59. The molecule has 7 heteroatoms. The van der Waals surface area contributed by atoms with Gasteiger partial charge in [0.05, 0.1) is 5.92 Å². The summed E-state index contributed by atoms with van der Waals surface area (Å²) >= 11 is 0. The molecule has 2 amide bonds. The van der Waals surface area contributed by atoms with Crippen LogP contribution in [0.25, 0.3) is 0 Å². The van der Waals surface area contributed by atoms with Crippen LogP contribution >= 0.6 is 0 Å². The quantitative estimate of drug-likeness (QED) is 0.899. The topological polar surface area (TPSA) is 80.1 Å². The number of aryl methyl sites for hydroxylation is 1. The highest BCUT2D eigenvalue weighted by Gasteiger charge is 2.30. The van der Waals surface area contributed by atoms with Crippen LogP contribution in [0.15, 0.2) is 6.33 Å². The van der Waals surface area contributed by atoms with E-state index in [0.29, 0.717) is 12.5 Å². The zero-order valence-electron chi connectivity index (χ0n) is 12.9. The second-order valence-electron chi connectivity index (χ2n) is 5.63. The summed E-state index contributed by atoms with van der Waals surface area (Å²) < 4.78 is 1.52. The lowest BCUT2D eigenvalue weighted by molar-refractivity contribution is -0.138. The van der Waals surface area contributed by atoms with Crippen molar-refractivity contribution in [3.63, 3.8) is 0 Å². The maximum absolute atomic E-state index is 12.3. The van der Waals surface area contributed by atoms with Gasteiger partial charge < -0.3 is 4.90 Å². The van der Waals surface area contributed by atoms with Crippen molar-refractivity contribution in [1.82, 2.24) is 19.7 Å². The summed E-state index contributed by atoms with van der Waals surface area (Å²) in [5.41, 5.74) is 0. The van der Waals surface area contributed by atoms with E-state index in [4.69, 9.17) is 0 Å². The average molecular weight is 293 g/mol. The summed E-state index contributed by atoms with van der Waals surface area (Å²) in [6, 6.07) is 0. The van der Waals surface area contributed by atoms with Crippen LogP contribution in [0.2, 0.25) is 0 Å². The lowest BCUT2D eigenvalue weighted by Crippen LogP contribution is -2.45. The Morgan fingerprint density at radius 3 is 2.90 bits per heavy atom. The predicted octanol–water partition coefficient (Wildman–Crippen LogP) is 1.04. The number of nitrogens with zero attached hydrogens (tertiary/aromatic N) is 4. The smallest absolute Gasteiger partial charge is 0.231 e. The molecule has 116 valence electrons. The minimum Gasteiger partial charge on any atom is -0.342 e. The molecule has 7 nitrogen and oxygen atoms in total. The zero-order valence-corrected chi connectivity index (χ0v) is 12.9. The van der Waals surface area contributed by atoms with Crippen molar-refractivity contribution >= 4 is 17.8 Å². The van der Waals surface area contributed by atoms with Crippen LogP contribution < -0.4 is 5.32 Å². The van der Waals surface area contributed by atoms with E-state index in [9.17, 15) is 9.59 Å². The van der Waals surface area contributed by atoms with E-state index in [2.05, 4.69) is 15.4 Å². The lowest BCUT2D eigenvalue weighted by Gasteiger charge is -2.33. The van der Waals surface area contributed by atoms with Crippen LogP contribution in [0.3, 0.4) is 0 Å². The summed E-state index contributed by atoms with van der Waals surface area (Å²) in [4.78, 5) is 30.3. The number of nitrogens with one attached hydrogen (secondary N) is 1. The van der Waals surface area contributed by atoms with Gasteiger partial charge in [0, 0.05) is 26.1 Å². The first-order chi connectivity index (χ1) is 10.0. The highest BCUT2D eigenvalue weighted by molar-refractivity contribution is 5.91. The molecule has 0 unspecified atom stereocenters. The van der Waals surface area contributed by atoms with Gasteiger partial charge in [-0.05, 0) is 19.3 Å². The molecule has 1 aliphatic rings. The number of likely N-dealkylation sites (tertiary alicyclic amines) is 1. The molecule has 1 aliphatic heterocycles. The second kappa shape index (κ2) is 6.69. The molecule has 1 fully saturated rings. The van der Waals surface area contributed by atoms with Crippen LogP contribution in [0.1, 0.15) is 33.1 Å². The highest BCUT2D eigenvalue weighted by Crippen LogP contribution is 2.20. The van der Waals surface area contributed by atoms with Gasteiger partial charge in [0.15, 0.2) is 0 Å². The molecule has 2 heterocycles. The Labute approximate surface area is 124 Å². The standard InChI is InChI=1S/C14H23N5O2/c1-4-10(2)13(21)19-7-5-6-11(8-19)12(20)17-14-15-9-16-18(14)3/h9-11H,4-8H2,1-3H3,(H,15,16,17,20)/t10-,11+/m1/s1. The van der Waals surface area contributed by atoms with Gasteiger partial charge in [-0.25, -0.2) is 4.68 Å². The Kier molecular flexibility index (Phi) is 4.93. The van der Waals surface area contributed by atoms with E-state index in [-0.39, 0.29) is 23.7 Å². The van der Waals surface area contributed by atoms with E-state index in [0.717, 1.165) is 25.8 Å². The van der Waals surface area contributed by atoms with Gasteiger partial charge in [0.1, 0.15) is 6.33 Å². The maximum Gasteiger partial charge on any atom is 0.231 e. The number of hydrogen-bond donors (Lipinski definition) is 1. The van der Waals surface area contributed by atoms with Crippen molar-refractivity contribution < 1.29 is 9.59 Å². The normalized spacial score (nSPS) is 20.1. The Morgan fingerprint density at radius 2 is 2.29 bits per heavy atom. The Bertz CT molecular complexity index is 513. The van der Waals surface area contributed by atoms with Crippen molar-refractivity contribution in [3.8, 4) is 0 Å². The Balaban J connectivity index is 1.96. The SMILES string of the molecule is CC[C@@H](C)C(=O)N1CCC[C@H](C(=O)Nc2ncnn2C)C1. The Morgan fingerprint density at radius 1 is 1.52 bits per heavy atom. The van der Waals surface area contributed by atoms with Crippen LogP contribution in [0, 0.1) is 11.8 Å². The van der Waals surface area contributed by atoms with Crippen LogP contribution in [-0.2, 0) is 16.6 Å². The molecule has 0 saturated carbocycles. The fourth-order valence-electron chi connectivity index (χ4n) is 2.50. The first-order valence-corrected chi connectivity index (χ1v) is 7.46. The molecule has 0 aromatic carbocycles. The molecule has 2 rings (SSSR count). The van der Waals surface area contributed by atoms with E-state index >= 15 is 0 Å². The molecule has 2 atom stereocenters. The van der Waals surface area contributed by atoms with Gasteiger partial charge in [-0.3, -0.25) is 14.9 Å². The molecule has 21 heavy (non-hydrogen) atoms. The number of aromatic nitrogens is 3. The van der Waals surface area contributed by atoms with E-state index in [1.165, 1.54) is 11.0 Å². The fraction of sp³-hybridized carbons (Fsp3) is 0.714. The highest BCUT2D eigenvalue weighted by atomic mass is 16.2. The molecule has 1 saturated heterocycles.